The quantitative estimate of drug-likeness (QED) is 0.555. The second-order valence-electron chi connectivity index (χ2n) is 3.04. The lowest BCUT2D eigenvalue weighted by atomic mass is 9.30. The Morgan fingerprint density at radius 1 is 1.12 bits per heavy atom. The Labute approximate surface area is 93.5 Å². The van der Waals surface area contributed by atoms with Crippen molar-refractivity contribution >= 4 is 6.15 Å². The van der Waals surface area contributed by atoms with Crippen molar-refractivity contribution in [2.75, 3.05) is 0 Å². The first-order valence-electron chi connectivity index (χ1n) is 4.35. The fourth-order valence-corrected chi connectivity index (χ4v) is 0.656. The third-order valence-electron chi connectivity index (χ3n) is 1.89. The van der Waals surface area contributed by atoms with Crippen LogP contribution in [0.4, 0.5) is 0 Å². The van der Waals surface area contributed by atoms with Crippen LogP contribution in [0.2, 0.25) is 0 Å². The lowest BCUT2D eigenvalue weighted by Gasteiger charge is -1.98. The largest absolute Gasteiger partial charge is 0.383 e. The predicted molar refractivity (Wildman–Crippen MR) is 54.9 cm³/mol. The lowest BCUT2D eigenvalue weighted by molar-refractivity contribution is -0.387. The Hall–Kier alpha value is -2.77. The van der Waals surface area contributed by atoms with Gasteiger partial charge in [0.15, 0.2) is 0 Å². The number of hydrogen-bond acceptors (Lipinski definition) is 4. The second-order valence-corrected chi connectivity index (χ2v) is 3.04. The Kier molecular flexibility index (Phi) is 4.85. The summed E-state index contributed by atoms with van der Waals surface area (Å²) in [6, 6.07) is 0. The van der Waals surface area contributed by atoms with E-state index in [1.807, 2.05) is 30.9 Å². The number of rotatable bonds is 0. The van der Waals surface area contributed by atoms with Gasteiger partial charge in [-0.25, -0.2) is 30.6 Å². The number of H-pyrrole nitrogens is 1. The molecular formula is C9H9BN6. The van der Waals surface area contributed by atoms with Crippen LogP contribution in [-0.2, 0) is 7.05 Å². The molecule has 7 heteroatoms. The van der Waals surface area contributed by atoms with Crippen LogP contribution in [0.15, 0.2) is 12.4 Å². The van der Waals surface area contributed by atoms with Crippen molar-refractivity contribution in [3.63, 3.8) is 0 Å². The molecule has 0 unspecified atom stereocenters. The lowest BCUT2D eigenvalue weighted by Crippen LogP contribution is -2.26. The minimum absolute atomic E-state index is 1.18. The number of nitrogens with one attached hydrogen (secondary N) is 1. The van der Waals surface area contributed by atoms with Crippen molar-refractivity contribution in [2.24, 2.45) is 7.05 Å². The van der Waals surface area contributed by atoms with Gasteiger partial charge in [-0.1, -0.05) is 0 Å². The standard InChI is InChI=1S/C5H8N2.C4BN4/c1-5-6-3-4-7(5)2;6-1-5(2-7,3-8)4-9/h3-4H,1-2H3;/q;-1/p+1. The van der Waals surface area contributed by atoms with E-state index in [0.717, 1.165) is 0 Å². The molecule has 0 saturated carbocycles. The third-order valence-corrected chi connectivity index (χ3v) is 1.89. The number of aromatic nitrogens is 2. The van der Waals surface area contributed by atoms with Crippen LogP contribution in [0, 0.1) is 51.8 Å². The van der Waals surface area contributed by atoms with Crippen LogP contribution in [0.5, 0.6) is 0 Å². The average Bonchev–Trinajstić information content (AvgIpc) is 2.68. The first-order valence-corrected chi connectivity index (χ1v) is 4.35. The topological polar surface area (TPSA) is 114 Å². The number of imidazole rings is 1. The normalized spacial score (nSPS) is 8.38. The Morgan fingerprint density at radius 2 is 1.56 bits per heavy atom. The molecule has 1 heterocycles. The molecule has 6 nitrogen and oxygen atoms in total. The van der Waals surface area contributed by atoms with Crippen molar-refractivity contribution in [1.29, 1.82) is 21.0 Å². The number of aryl methyl sites for hydroxylation is 2. The van der Waals surface area contributed by atoms with E-state index in [0.29, 0.717) is 0 Å². The van der Waals surface area contributed by atoms with Crippen molar-refractivity contribution < 1.29 is 4.98 Å². The molecule has 0 spiro atoms. The van der Waals surface area contributed by atoms with Crippen LogP contribution in [-0.4, -0.2) is 10.7 Å². The fourth-order valence-electron chi connectivity index (χ4n) is 0.656. The molecule has 0 fully saturated rings. The van der Waals surface area contributed by atoms with Gasteiger partial charge in [0.25, 0.3) is 5.82 Å². The molecule has 0 aromatic carbocycles. The minimum atomic E-state index is -2.72. The maximum absolute atomic E-state index is 8.09. The smallest absolute Gasteiger partial charge is 0.248 e. The molecule has 1 rings (SSSR count). The highest BCUT2D eigenvalue weighted by Gasteiger charge is 2.22. The van der Waals surface area contributed by atoms with Gasteiger partial charge in [-0.15, -0.1) is 23.9 Å². The van der Waals surface area contributed by atoms with E-state index >= 15 is 0 Å². The highest BCUT2D eigenvalue weighted by atomic mass is 15.0. The first kappa shape index (κ1) is 13.2. The Morgan fingerprint density at radius 3 is 1.62 bits per heavy atom. The van der Waals surface area contributed by atoms with Crippen LogP contribution < -0.4 is 4.98 Å². The number of aromatic amines is 1. The van der Waals surface area contributed by atoms with Crippen molar-refractivity contribution in [2.45, 2.75) is 6.92 Å². The summed E-state index contributed by atoms with van der Waals surface area (Å²) in [6.45, 7) is 2.03. The molecule has 0 aliphatic carbocycles. The van der Waals surface area contributed by atoms with Gasteiger partial charge < -0.3 is 0 Å². The van der Waals surface area contributed by atoms with Gasteiger partial charge in [-0.05, 0) is 0 Å². The molecule has 1 N–H and O–H groups in total. The van der Waals surface area contributed by atoms with E-state index in [4.69, 9.17) is 21.0 Å². The molecule has 0 aliphatic rings. The van der Waals surface area contributed by atoms with Gasteiger partial charge in [0.1, 0.15) is 12.4 Å². The van der Waals surface area contributed by atoms with E-state index in [1.54, 1.807) is 0 Å². The van der Waals surface area contributed by atoms with E-state index in [1.165, 1.54) is 29.7 Å². The van der Waals surface area contributed by atoms with Gasteiger partial charge in [-0.2, -0.15) is 0 Å². The van der Waals surface area contributed by atoms with Crippen LogP contribution in [0.25, 0.3) is 0 Å². The number of hydrogen-bond donors (Lipinski definition) is 0. The molecule has 0 aliphatic heterocycles. The van der Waals surface area contributed by atoms with E-state index in [2.05, 4.69) is 4.98 Å². The van der Waals surface area contributed by atoms with Crippen molar-refractivity contribution in [3.8, 4) is 23.9 Å². The third kappa shape index (κ3) is 3.18. The summed E-state index contributed by atoms with van der Waals surface area (Å²) in [5.41, 5.74) is 0. The van der Waals surface area contributed by atoms with Gasteiger partial charge in [0, 0.05) is 6.92 Å². The van der Waals surface area contributed by atoms with Gasteiger partial charge >= 0.3 is 6.15 Å². The molecule has 0 atom stereocenters. The summed E-state index contributed by atoms with van der Waals surface area (Å²) in [5, 5.41) is 32.3. The van der Waals surface area contributed by atoms with Crippen molar-refractivity contribution in [3.05, 3.63) is 18.2 Å². The molecule has 0 radical (unpaired) electrons. The number of nitrogens with zero attached hydrogens (tertiary/aromatic N) is 5. The average molecular weight is 212 g/mol. The zero-order chi connectivity index (χ0) is 12.6. The highest BCUT2D eigenvalue weighted by molar-refractivity contribution is 7.05. The zero-order valence-electron chi connectivity index (χ0n) is 8.97. The SMILES string of the molecule is Cc1[nH+]ccn1C.N#C[B-](C#N)(C#N)C#N. The summed E-state index contributed by atoms with van der Waals surface area (Å²) >= 11 is 0. The van der Waals surface area contributed by atoms with Gasteiger partial charge in [-0.3, -0.25) is 0 Å². The maximum atomic E-state index is 8.09. The molecule has 0 amide bonds. The summed E-state index contributed by atoms with van der Waals surface area (Å²) < 4.78 is 2.03. The number of nitriles is 4. The fraction of sp³-hybridized carbons (Fsp3) is 0.222. The summed E-state index contributed by atoms with van der Waals surface area (Å²) in [5.74, 6) is 6.56. The van der Waals surface area contributed by atoms with Crippen LogP contribution in [0.3, 0.4) is 0 Å². The monoisotopic (exact) mass is 212 g/mol. The summed E-state index contributed by atoms with van der Waals surface area (Å²) in [7, 11) is 2.01. The highest BCUT2D eigenvalue weighted by Crippen LogP contribution is 1.92. The minimum Gasteiger partial charge on any atom is -0.248 e. The first-order chi connectivity index (χ1) is 7.55. The van der Waals surface area contributed by atoms with E-state index in [9.17, 15) is 0 Å². The van der Waals surface area contributed by atoms with Gasteiger partial charge in [0.05, 0.1) is 7.05 Å². The molecular weight excluding hydrogens is 203 g/mol. The van der Waals surface area contributed by atoms with Crippen molar-refractivity contribution in [1.82, 2.24) is 4.57 Å². The summed E-state index contributed by atoms with van der Waals surface area (Å²) in [6.07, 6.45) is 1.17. The van der Waals surface area contributed by atoms with E-state index < -0.39 is 6.15 Å². The molecule has 16 heavy (non-hydrogen) atoms. The maximum Gasteiger partial charge on any atom is 0.383 e. The van der Waals surface area contributed by atoms with E-state index in [-0.39, 0.29) is 0 Å². The molecule has 1 aromatic rings. The summed E-state index contributed by atoms with van der Waals surface area (Å²) in [4.78, 5) is 3.03. The predicted octanol–water partition coefficient (Wildman–Crippen LogP) is -0.166. The molecule has 78 valence electrons. The second kappa shape index (κ2) is 5.86. The molecule has 0 bridgehead atoms. The zero-order valence-corrected chi connectivity index (χ0v) is 8.97. The molecule has 0 saturated heterocycles. The Bertz CT molecular complexity index is 440. The van der Waals surface area contributed by atoms with Gasteiger partial charge in [0.2, 0.25) is 0 Å². The van der Waals surface area contributed by atoms with Crippen LogP contribution >= 0.6 is 0 Å². The molecule has 1 aromatic heterocycles. The Balaban J connectivity index is 0.000000288. The van der Waals surface area contributed by atoms with Crippen LogP contribution in [0.1, 0.15) is 5.82 Å².